The molecule has 2 heteroatoms. The van der Waals surface area contributed by atoms with Crippen LogP contribution in [0.25, 0.3) is 0 Å². The number of hydrogen-bond donors (Lipinski definition) is 1. The van der Waals surface area contributed by atoms with Gasteiger partial charge in [-0.05, 0) is 24.4 Å². The van der Waals surface area contributed by atoms with Crippen LogP contribution in [0.15, 0.2) is 30.3 Å². The highest BCUT2D eigenvalue weighted by molar-refractivity contribution is 5.17. The quantitative estimate of drug-likeness (QED) is 0.841. The predicted molar refractivity (Wildman–Crippen MR) is 66.2 cm³/mol. The Balaban J connectivity index is 1.86. The zero-order chi connectivity index (χ0) is 11.4. The smallest absolute Gasteiger partial charge is 0.0916 e. The molecular weight excluding hydrogens is 198 g/mol. The fourth-order valence-corrected chi connectivity index (χ4v) is 2.44. The summed E-state index contributed by atoms with van der Waals surface area (Å²) >= 11 is 0. The molecule has 1 heterocycles. The second-order valence-electron chi connectivity index (χ2n) is 4.75. The summed E-state index contributed by atoms with van der Waals surface area (Å²) < 4.78 is 0. The molecule has 0 bridgehead atoms. The van der Waals surface area contributed by atoms with Crippen molar-refractivity contribution in [3.8, 4) is 0 Å². The third-order valence-electron chi connectivity index (χ3n) is 3.56. The third-order valence-corrected chi connectivity index (χ3v) is 3.56. The lowest BCUT2D eigenvalue weighted by molar-refractivity contribution is 0.124. The molecule has 0 aliphatic carbocycles. The lowest BCUT2D eigenvalue weighted by Gasteiger charge is -2.20. The number of nitrogens with zero attached hydrogens (tertiary/aromatic N) is 1. The third kappa shape index (κ3) is 2.83. The summed E-state index contributed by atoms with van der Waals surface area (Å²) in [7, 11) is 0. The number of aliphatic hydroxyl groups excluding tert-OH is 1. The van der Waals surface area contributed by atoms with E-state index in [1.807, 2.05) is 30.3 Å². The Morgan fingerprint density at radius 3 is 2.75 bits per heavy atom. The van der Waals surface area contributed by atoms with Crippen molar-refractivity contribution in [1.29, 1.82) is 0 Å². The zero-order valence-corrected chi connectivity index (χ0v) is 9.97. The van der Waals surface area contributed by atoms with Gasteiger partial charge < -0.3 is 10.0 Å². The van der Waals surface area contributed by atoms with Crippen LogP contribution in [-0.4, -0.2) is 29.6 Å². The van der Waals surface area contributed by atoms with Crippen LogP contribution in [0.3, 0.4) is 0 Å². The molecule has 0 radical (unpaired) electrons. The lowest BCUT2D eigenvalue weighted by Crippen LogP contribution is -2.26. The van der Waals surface area contributed by atoms with Crippen LogP contribution in [0.4, 0.5) is 0 Å². The number of β-amino-alcohol motifs (C(OH)–C–C–N with tert-alkyl or cyclic N) is 1. The first-order chi connectivity index (χ1) is 7.79. The van der Waals surface area contributed by atoms with Crippen molar-refractivity contribution < 1.29 is 5.11 Å². The van der Waals surface area contributed by atoms with Crippen LogP contribution in [0.5, 0.6) is 0 Å². The Morgan fingerprint density at radius 2 is 2.12 bits per heavy atom. The van der Waals surface area contributed by atoms with Gasteiger partial charge in [-0.3, -0.25) is 0 Å². The van der Waals surface area contributed by atoms with Gasteiger partial charge in [-0.15, -0.1) is 0 Å². The highest BCUT2D eigenvalue weighted by Crippen LogP contribution is 2.22. The Bertz CT molecular complexity index is 312. The van der Waals surface area contributed by atoms with Gasteiger partial charge in [0.05, 0.1) is 6.10 Å². The molecule has 0 amide bonds. The zero-order valence-electron chi connectivity index (χ0n) is 9.97. The van der Waals surface area contributed by atoms with E-state index in [1.54, 1.807) is 0 Å². The van der Waals surface area contributed by atoms with Crippen LogP contribution in [0.2, 0.25) is 0 Å². The van der Waals surface area contributed by atoms with Gasteiger partial charge in [0.2, 0.25) is 0 Å². The van der Waals surface area contributed by atoms with Gasteiger partial charge in [0.15, 0.2) is 0 Å². The van der Waals surface area contributed by atoms with E-state index >= 15 is 0 Å². The highest BCUT2D eigenvalue weighted by atomic mass is 16.3. The molecule has 2 rings (SSSR count). The Labute approximate surface area is 97.9 Å². The van der Waals surface area contributed by atoms with Crippen molar-refractivity contribution in [3.63, 3.8) is 0 Å². The largest absolute Gasteiger partial charge is 0.387 e. The maximum atomic E-state index is 10.1. The molecule has 2 nitrogen and oxygen atoms in total. The molecule has 1 N–H and O–H groups in total. The fraction of sp³-hybridized carbons (Fsp3) is 0.571. The Morgan fingerprint density at radius 1 is 1.38 bits per heavy atom. The van der Waals surface area contributed by atoms with Gasteiger partial charge >= 0.3 is 0 Å². The topological polar surface area (TPSA) is 23.5 Å². The normalized spacial score (nSPS) is 23.5. The van der Waals surface area contributed by atoms with Gasteiger partial charge in [0.1, 0.15) is 0 Å². The molecule has 1 fully saturated rings. The minimum atomic E-state index is -0.336. The maximum absolute atomic E-state index is 10.1. The number of benzene rings is 1. The average Bonchev–Trinajstić information content (AvgIpc) is 2.78. The molecule has 0 saturated carbocycles. The standard InChI is InChI=1S/C14H21NO/c1-2-12-8-9-15(10-12)11-14(16)13-6-4-3-5-7-13/h3-7,12,14,16H,2,8-11H2,1H3. The maximum Gasteiger partial charge on any atom is 0.0916 e. The van der Waals surface area contributed by atoms with Crippen LogP contribution in [0.1, 0.15) is 31.4 Å². The molecule has 1 aliphatic rings. The van der Waals surface area contributed by atoms with Crippen molar-refractivity contribution >= 4 is 0 Å². The second-order valence-corrected chi connectivity index (χ2v) is 4.75. The first-order valence-electron chi connectivity index (χ1n) is 6.25. The van der Waals surface area contributed by atoms with E-state index in [4.69, 9.17) is 0 Å². The van der Waals surface area contributed by atoms with E-state index in [0.29, 0.717) is 0 Å². The van der Waals surface area contributed by atoms with E-state index in [1.165, 1.54) is 12.8 Å². The summed E-state index contributed by atoms with van der Waals surface area (Å²) in [6.45, 7) is 5.32. The number of likely N-dealkylation sites (tertiary alicyclic amines) is 1. The van der Waals surface area contributed by atoms with Gasteiger partial charge in [-0.25, -0.2) is 0 Å². The summed E-state index contributed by atoms with van der Waals surface area (Å²) in [5.41, 5.74) is 1.03. The summed E-state index contributed by atoms with van der Waals surface area (Å²) in [6.07, 6.45) is 2.22. The second kappa shape index (κ2) is 5.46. The number of hydrogen-bond acceptors (Lipinski definition) is 2. The number of aliphatic hydroxyl groups is 1. The Hall–Kier alpha value is -0.860. The number of rotatable bonds is 4. The molecule has 1 aromatic rings. The Kier molecular flexibility index (Phi) is 3.97. The van der Waals surface area contributed by atoms with Crippen molar-refractivity contribution in [2.24, 2.45) is 5.92 Å². The highest BCUT2D eigenvalue weighted by Gasteiger charge is 2.22. The van der Waals surface area contributed by atoms with Gasteiger partial charge in [0, 0.05) is 13.1 Å². The van der Waals surface area contributed by atoms with E-state index in [0.717, 1.165) is 31.1 Å². The monoisotopic (exact) mass is 219 g/mol. The first kappa shape index (κ1) is 11.6. The lowest BCUT2D eigenvalue weighted by atomic mass is 10.1. The minimum absolute atomic E-state index is 0.336. The van der Waals surface area contributed by atoms with E-state index < -0.39 is 0 Å². The summed E-state index contributed by atoms with van der Waals surface area (Å²) in [4.78, 5) is 2.38. The molecule has 0 aromatic heterocycles. The predicted octanol–water partition coefficient (Wildman–Crippen LogP) is 2.45. The van der Waals surface area contributed by atoms with Gasteiger partial charge in [-0.2, -0.15) is 0 Å². The van der Waals surface area contributed by atoms with Crippen molar-refractivity contribution in [2.45, 2.75) is 25.9 Å². The van der Waals surface area contributed by atoms with Crippen LogP contribution < -0.4 is 0 Å². The molecule has 2 atom stereocenters. The van der Waals surface area contributed by atoms with Crippen LogP contribution in [-0.2, 0) is 0 Å². The first-order valence-corrected chi connectivity index (χ1v) is 6.25. The summed E-state index contributed by atoms with van der Waals surface area (Å²) in [6, 6.07) is 9.95. The molecule has 1 aliphatic heterocycles. The van der Waals surface area contributed by atoms with Crippen molar-refractivity contribution in [2.75, 3.05) is 19.6 Å². The molecule has 2 unspecified atom stereocenters. The molecule has 1 saturated heterocycles. The SMILES string of the molecule is CCC1CCN(CC(O)c2ccccc2)C1. The van der Waals surface area contributed by atoms with Crippen molar-refractivity contribution in [1.82, 2.24) is 4.90 Å². The minimum Gasteiger partial charge on any atom is -0.387 e. The van der Waals surface area contributed by atoms with E-state index in [2.05, 4.69) is 11.8 Å². The van der Waals surface area contributed by atoms with Crippen LogP contribution >= 0.6 is 0 Å². The summed E-state index contributed by atoms with van der Waals surface area (Å²) in [5, 5.41) is 10.1. The average molecular weight is 219 g/mol. The molecule has 1 aromatic carbocycles. The molecule has 0 spiro atoms. The van der Waals surface area contributed by atoms with Gasteiger partial charge in [0.25, 0.3) is 0 Å². The molecular formula is C14H21NO. The van der Waals surface area contributed by atoms with Crippen LogP contribution in [0, 0.1) is 5.92 Å². The molecule has 88 valence electrons. The van der Waals surface area contributed by atoms with E-state index in [-0.39, 0.29) is 6.10 Å². The fourth-order valence-electron chi connectivity index (χ4n) is 2.44. The van der Waals surface area contributed by atoms with Gasteiger partial charge in [-0.1, -0.05) is 43.7 Å². The summed E-state index contributed by atoms with van der Waals surface area (Å²) in [5.74, 6) is 0.836. The van der Waals surface area contributed by atoms with Crippen molar-refractivity contribution in [3.05, 3.63) is 35.9 Å². The molecule has 16 heavy (non-hydrogen) atoms. The van der Waals surface area contributed by atoms with E-state index in [9.17, 15) is 5.11 Å².